The van der Waals surface area contributed by atoms with Crippen LogP contribution in [0.2, 0.25) is 5.04 Å². The highest BCUT2D eigenvalue weighted by molar-refractivity contribution is 6.99. The van der Waals surface area contributed by atoms with Gasteiger partial charge in [0.2, 0.25) is 0 Å². The third-order valence-corrected chi connectivity index (χ3v) is 12.2. The van der Waals surface area contributed by atoms with Crippen LogP contribution in [0.4, 0.5) is 4.79 Å². The van der Waals surface area contributed by atoms with Gasteiger partial charge in [-0.2, -0.15) is 0 Å². The summed E-state index contributed by atoms with van der Waals surface area (Å²) in [5, 5.41) is 2.31. The topological polar surface area (TPSA) is 55.8 Å². The molecule has 1 aliphatic carbocycles. The standard InChI is InChI=1S/C28H37NO4Si/c1-27(2,3)32-26(31)29-20-17-23(24(29)19-30)25(18-20)33-34(28(4,5)6,21-13-9-7-10-14-21)22-15-11-8-12-16-22/h7-16,19-20,23-25H,17-18H2,1-6H3/t20-,23-,24+,25+/m1/s1. The van der Waals surface area contributed by atoms with Crippen molar-refractivity contribution in [1.29, 1.82) is 0 Å². The summed E-state index contributed by atoms with van der Waals surface area (Å²) in [6, 6.07) is 20.6. The molecule has 182 valence electrons. The van der Waals surface area contributed by atoms with Gasteiger partial charge in [0.25, 0.3) is 8.32 Å². The van der Waals surface area contributed by atoms with Crippen LogP contribution in [0.1, 0.15) is 54.4 Å². The molecule has 0 unspecified atom stereocenters. The maximum atomic E-state index is 12.9. The number of fused-ring (bicyclic) bond motifs is 2. The lowest BCUT2D eigenvalue weighted by Crippen LogP contribution is -2.68. The van der Waals surface area contributed by atoms with Crippen LogP contribution in [-0.4, -0.2) is 49.4 Å². The molecule has 6 heteroatoms. The average molecular weight is 480 g/mol. The molecule has 1 saturated heterocycles. The van der Waals surface area contributed by atoms with Crippen molar-refractivity contribution in [3.63, 3.8) is 0 Å². The van der Waals surface area contributed by atoms with Crippen LogP contribution in [0.15, 0.2) is 60.7 Å². The summed E-state index contributed by atoms with van der Waals surface area (Å²) in [5.74, 6) is -0.0309. The lowest BCUT2D eigenvalue weighted by Gasteiger charge is -2.47. The molecule has 0 radical (unpaired) electrons. The van der Waals surface area contributed by atoms with E-state index in [1.165, 1.54) is 10.4 Å². The van der Waals surface area contributed by atoms with Crippen LogP contribution in [0.5, 0.6) is 0 Å². The predicted molar refractivity (Wildman–Crippen MR) is 137 cm³/mol. The van der Waals surface area contributed by atoms with E-state index in [1.54, 1.807) is 4.90 Å². The van der Waals surface area contributed by atoms with Gasteiger partial charge in [-0.15, -0.1) is 0 Å². The van der Waals surface area contributed by atoms with E-state index < -0.39 is 26.1 Å². The second-order valence-electron chi connectivity index (χ2n) is 11.6. The normalized spacial score (nSPS) is 24.8. The van der Waals surface area contributed by atoms with Gasteiger partial charge in [0, 0.05) is 12.0 Å². The number of benzene rings is 2. The van der Waals surface area contributed by atoms with E-state index >= 15 is 0 Å². The third kappa shape index (κ3) is 4.34. The molecule has 2 aromatic carbocycles. The van der Waals surface area contributed by atoms with Crippen LogP contribution in [0.3, 0.4) is 0 Å². The third-order valence-electron chi connectivity index (χ3n) is 7.17. The summed E-state index contributed by atoms with van der Waals surface area (Å²) in [6.45, 7) is 12.3. The van der Waals surface area contributed by atoms with Crippen molar-refractivity contribution in [1.82, 2.24) is 4.90 Å². The zero-order valence-corrected chi connectivity index (χ0v) is 22.2. The van der Waals surface area contributed by atoms with Gasteiger partial charge in [-0.25, -0.2) is 4.79 Å². The van der Waals surface area contributed by atoms with Crippen LogP contribution in [0.25, 0.3) is 0 Å². The molecule has 2 bridgehead atoms. The zero-order chi connectivity index (χ0) is 24.7. The Morgan fingerprint density at radius 2 is 1.44 bits per heavy atom. The Bertz CT molecular complexity index is 973. The minimum Gasteiger partial charge on any atom is -0.444 e. The van der Waals surface area contributed by atoms with Gasteiger partial charge in [0.15, 0.2) is 0 Å². The second-order valence-corrected chi connectivity index (χ2v) is 15.9. The largest absolute Gasteiger partial charge is 0.444 e. The highest BCUT2D eigenvalue weighted by Crippen LogP contribution is 2.47. The minimum absolute atomic E-state index is 0.0309. The van der Waals surface area contributed by atoms with Crippen molar-refractivity contribution in [3.8, 4) is 0 Å². The first-order chi connectivity index (χ1) is 16.0. The molecule has 34 heavy (non-hydrogen) atoms. The Morgan fingerprint density at radius 1 is 0.912 bits per heavy atom. The van der Waals surface area contributed by atoms with E-state index in [0.717, 1.165) is 19.1 Å². The number of likely N-dealkylation sites (tertiary alicyclic amines) is 1. The summed E-state index contributed by atoms with van der Waals surface area (Å²) in [6.07, 6.45) is 1.91. The Balaban J connectivity index is 1.71. The van der Waals surface area contributed by atoms with Crippen molar-refractivity contribution in [2.24, 2.45) is 5.92 Å². The van der Waals surface area contributed by atoms with Crippen LogP contribution in [-0.2, 0) is 14.0 Å². The van der Waals surface area contributed by atoms with E-state index in [4.69, 9.17) is 9.16 Å². The van der Waals surface area contributed by atoms with Gasteiger partial charge in [-0.1, -0.05) is 81.4 Å². The number of aldehydes is 1. The fourth-order valence-corrected chi connectivity index (χ4v) is 10.6. The maximum absolute atomic E-state index is 12.9. The van der Waals surface area contributed by atoms with Gasteiger partial charge >= 0.3 is 6.09 Å². The van der Waals surface area contributed by atoms with E-state index in [2.05, 4.69) is 69.3 Å². The first-order valence-corrected chi connectivity index (χ1v) is 14.1. The molecule has 0 spiro atoms. The summed E-state index contributed by atoms with van der Waals surface area (Å²) < 4.78 is 13.0. The number of nitrogens with zero attached hydrogens (tertiary/aromatic N) is 1. The Morgan fingerprint density at radius 3 is 1.88 bits per heavy atom. The van der Waals surface area contributed by atoms with Crippen molar-refractivity contribution < 1.29 is 18.8 Å². The maximum Gasteiger partial charge on any atom is 0.411 e. The molecule has 5 nitrogen and oxygen atoms in total. The number of piperidine rings is 1. The molecule has 2 aromatic rings. The highest BCUT2D eigenvalue weighted by Gasteiger charge is 2.59. The molecular formula is C28H37NO4Si. The lowest BCUT2D eigenvalue weighted by molar-refractivity contribution is -0.115. The Hall–Kier alpha value is -2.44. The lowest BCUT2D eigenvalue weighted by atomic mass is 9.97. The average Bonchev–Trinajstić information content (AvgIpc) is 3.34. The van der Waals surface area contributed by atoms with Crippen molar-refractivity contribution >= 4 is 31.1 Å². The molecule has 1 aliphatic heterocycles. The van der Waals surface area contributed by atoms with Crippen LogP contribution >= 0.6 is 0 Å². The Labute approximate surface area is 204 Å². The first-order valence-electron chi connectivity index (χ1n) is 12.2. The molecule has 2 aliphatic rings. The number of rotatable bonds is 5. The number of ether oxygens (including phenoxy) is 1. The zero-order valence-electron chi connectivity index (χ0n) is 21.2. The van der Waals surface area contributed by atoms with Crippen molar-refractivity contribution in [3.05, 3.63) is 60.7 Å². The van der Waals surface area contributed by atoms with Crippen LogP contribution in [0, 0.1) is 5.92 Å². The SMILES string of the molecule is CC(C)(C)OC(=O)N1[C@@H]2C[C@@H]([C@@H](O[Si](c3ccccc3)(c3ccccc3)C(C)(C)C)C2)[C@@H]1C=O. The van der Waals surface area contributed by atoms with Gasteiger partial charge < -0.3 is 14.0 Å². The van der Waals surface area contributed by atoms with Crippen LogP contribution < -0.4 is 10.4 Å². The van der Waals surface area contributed by atoms with E-state index in [0.29, 0.717) is 0 Å². The second kappa shape index (κ2) is 8.97. The van der Waals surface area contributed by atoms with Crippen molar-refractivity contribution in [2.75, 3.05) is 0 Å². The molecule has 2 fully saturated rings. The smallest absolute Gasteiger partial charge is 0.411 e. The van der Waals surface area contributed by atoms with E-state index in [9.17, 15) is 9.59 Å². The molecule has 1 saturated carbocycles. The minimum atomic E-state index is -2.73. The summed E-state index contributed by atoms with van der Waals surface area (Å²) in [4.78, 5) is 26.8. The molecule has 4 rings (SSSR count). The van der Waals surface area contributed by atoms with Gasteiger partial charge in [-0.3, -0.25) is 4.90 Å². The summed E-state index contributed by atoms with van der Waals surface area (Å²) >= 11 is 0. The first kappa shape index (κ1) is 24.7. The quantitative estimate of drug-likeness (QED) is 0.467. The van der Waals surface area contributed by atoms with E-state index in [1.807, 2.05) is 32.9 Å². The number of hydrogen-bond acceptors (Lipinski definition) is 4. The molecule has 0 aromatic heterocycles. The number of carbonyl (C=O) groups is 2. The monoisotopic (exact) mass is 479 g/mol. The highest BCUT2D eigenvalue weighted by atomic mass is 28.4. The van der Waals surface area contributed by atoms with Gasteiger partial charge in [0.1, 0.15) is 11.9 Å². The molecule has 0 N–H and O–H groups in total. The fourth-order valence-electron chi connectivity index (χ4n) is 5.85. The molecule has 1 heterocycles. The number of amides is 1. The molecule has 4 atom stereocenters. The number of hydrogen-bond donors (Lipinski definition) is 0. The van der Waals surface area contributed by atoms with Crippen molar-refractivity contribution in [2.45, 2.75) is 83.2 Å². The van der Waals surface area contributed by atoms with Gasteiger partial charge in [0.05, 0.1) is 12.1 Å². The summed E-state index contributed by atoms with van der Waals surface area (Å²) in [5.41, 5.74) is -0.600. The van der Waals surface area contributed by atoms with E-state index in [-0.39, 0.29) is 23.1 Å². The summed E-state index contributed by atoms with van der Waals surface area (Å²) in [7, 11) is -2.73. The fraction of sp³-hybridized carbons (Fsp3) is 0.500. The van der Waals surface area contributed by atoms with Gasteiger partial charge in [-0.05, 0) is 49.0 Å². The number of carbonyl (C=O) groups excluding carboxylic acids is 2. The molecule has 1 amide bonds. The predicted octanol–water partition coefficient (Wildman–Crippen LogP) is 4.53. The Kier molecular flexibility index (Phi) is 6.51. The molecular weight excluding hydrogens is 442 g/mol.